The van der Waals surface area contributed by atoms with Crippen molar-refractivity contribution >= 4 is 6.09 Å². The highest BCUT2D eigenvalue weighted by Gasteiger charge is 2.24. The molecule has 0 radical (unpaired) electrons. The summed E-state index contributed by atoms with van der Waals surface area (Å²) in [5, 5.41) is 3.53. The number of carbonyl (C=O) groups excluding carboxylic acids is 1. The van der Waals surface area contributed by atoms with Crippen LogP contribution in [0.15, 0.2) is 0 Å². The van der Waals surface area contributed by atoms with Crippen LogP contribution >= 0.6 is 0 Å². The normalized spacial score (nSPS) is 23.2. The lowest BCUT2D eigenvalue weighted by Gasteiger charge is -2.32. The Morgan fingerprint density at radius 1 is 1.43 bits per heavy atom. The lowest BCUT2D eigenvalue weighted by Crippen LogP contribution is -2.46. The van der Waals surface area contributed by atoms with Crippen LogP contribution in [0, 0.1) is 0 Å². The fraction of sp³-hybridized carbons (Fsp3) is 0.938. The largest absolute Gasteiger partial charge is 0.444 e. The standard InChI is InChI=1S/C16H32N2O3/c1-12(2)18(15(19)21-16(4,5)6)9-8-17-14-7-10-20-13(3)11-14/h12-14,17H,7-11H2,1-6H3. The smallest absolute Gasteiger partial charge is 0.410 e. The zero-order valence-electron chi connectivity index (χ0n) is 14.4. The van der Waals surface area contributed by atoms with Gasteiger partial charge in [0.2, 0.25) is 0 Å². The van der Waals surface area contributed by atoms with E-state index in [9.17, 15) is 4.79 Å². The van der Waals surface area contributed by atoms with E-state index < -0.39 is 5.60 Å². The van der Waals surface area contributed by atoms with Gasteiger partial charge in [0.1, 0.15) is 5.60 Å². The molecule has 1 rings (SSSR count). The Bertz CT molecular complexity index is 326. The second-order valence-electron chi connectivity index (χ2n) is 7.12. The van der Waals surface area contributed by atoms with Gasteiger partial charge < -0.3 is 19.7 Å². The lowest BCUT2D eigenvalue weighted by atomic mass is 10.0. The molecule has 1 saturated heterocycles. The zero-order valence-corrected chi connectivity index (χ0v) is 14.4. The summed E-state index contributed by atoms with van der Waals surface area (Å²) >= 11 is 0. The molecule has 0 aromatic heterocycles. The Balaban J connectivity index is 2.39. The van der Waals surface area contributed by atoms with Gasteiger partial charge >= 0.3 is 6.09 Å². The van der Waals surface area contributed by atoms with Crippen LogP contribution in [0.4, 0.5) is 4.79 Å². The Kier molecular flexibility index (Phi) is 6.94. The van der Waals surface area contributed by atoms with Crippen molar-refractivity contribution in [3.63, 3.8) is 0 Å². The first-order valence-corrected chi connectivity index (χ1v) is 8.03. The molecular weight excluding hydrogens is 268 g/mol. The van der Waals surface area contributed by atoms with Crippen LogP contribution in [-0.4, -0.2) is 54.5 Å². The molecule has 1 aliphatic rings. The molecular formula is C16H32N2O3. The highest BCUT2D eigenvalue weighted by molar-refractivity contribution is 5.68. The number of nitrogens with zero attached hydrogens (tertiary/aromatic N) is 1. The molecule has 1 heterocycles. The van der Waals surface area contributed by atoms with Crippen LogP contribution in [0.25, 0.3) is 0 Å². The summed E-state index contributed by atoms with van der Waals surface area (Å²) in [4.78, 5) is 14.0. The van der Waals surface area contributed by atoms with Crippen molar-refractivity contribution < 1.29 is 14.3 Å². The van der Waals surface area contributed by atoms with E-state index in [0.29, 0.717) is 18.7 Å². The summed E-state index contributed by atoms with van der Waals surface area (Å²) < 4.78 is 11.0. The summed E-state index contributed by atoms with van der Waals surface area (Å²) in [7, 11) is 0. The molecule has 5 heteroatoms. The van der Waals surface area contributed by atoms with E-state index in [4.69, 9.17) is 9.47 Å². The second-order valence-corrected chi connectivity index (χ2v) is 7.12. The number of hydrogen-bond acceptors (Lipinski definition) is 4. The van der Waals surface area contributed by atoms with Gasteiger partial charge in [0, 0.05) is 31.8 Å². The summed E-state index contributed by atoms with van der Waals surface area (Å²) in [6.07, 6.45) is 2.16. The molecule has 1 fully saturated rings. The summed E-state index contributed by atoms with van der Waals surface area (Å²) in [5.74, 6) is 0. The quantitative estimate of drug-likeness (QED) is 0.848. The topological polar surface area (TPSA) is 50.8 Å². The number of ether oxygens (including phenoxy) is 2. The van der Waals surface area contributed by atoms with Crippen LogP contribution in [0.5, 0.6) is 0 Å². The Morgan fingerprint density at radius 3 is 2.62 bits per heavy atom. The molecule has 0 aliphatic carbocycles. The van der Waals surface area contributed by atoms with Crippen molar-refractivity contribution in [2.45, 2.75) is 78.2 Å². The maximum Gasteiger partial charge on any atom is 0.410 e. The molecule has 0 aromatic carbocycles. The van der Waals surface area contributed by atoms with Crippen LogP contribution in [0.2, 0.25) is 0 Å². The van der Waals surface area contributed by atoms with Gasteiger partial charge in [-0.1, -0.05) is 0 Å². The van der Waals surface area contributed by atoms with Gasteiger partial charge in [0.15, 0.2) is 0 Å². The first kappa shape index (κ1) is 18.2. The average Bonchev–Trinajstić information content (AvgIpc) is 2.31. The molecule has 0 spiro atoms. The van der Waals surface area contributed by atoms with E-state index in [1.807, 2.05) is 34.6 Å². The SMILES string of the molecule is CC1CC(NCCN(C(=O)OC(C)(C)C)C(C)C)CCO1. The molecule has 1 amide bonds. The highest BCUT2D eigenvalue weighted by Crippen LogP contribution is 2.14. The molecule has 21 heavy (non-hydrogen) atoms. The predicted octanol–water partition coefficient (Wildman–Crippen LogP) is 2.79. The minimum Gasteiger partial charge on any atom is -0.444 e. The predicted molar refractivity (Wildman–Crippen MR) is 84.5 cm³/mol. The van der Waals surface area contributed by atoms with E-state index in [0.717, 1.165) is 26.0 Å². The number of rotatable bonds is 5. The van der Waals surface area contributed by atoms with Gasteiger partial charge in [-0.2, -0.15) is 0 Å². The monoisotopic (exact) mass is 300 g/mol. The van der Waals surface area contributed by atoms with Crippen molar-refractivity contribution in [2.24, 2.45) is 0 Å². The second kappa shape index (κ2) is 7.99. The minimum atomic E-state index is -0.451. The molecule has 1 aliphatic heterocycles. The van der Waals surface area contributed by atoms with Crippen molar-refractivity contribution in [1.29, 1.82) is 0 Å². The van der Waals surface area contributed by atoms with Crippen molar-refractivity contribution in [1.82, 2.24) is 10.2 Å². The fourth-order valence-corrected chi connectivity index (χ4v) is 2.45. The Hall–Kier alpha value is -0.810. The first-order valence-electron chi connectivity index (χ1n) is 8.03. The van der Waals surface area contributed by atoms with Gasteiger partial charge in [0.05, 0.1) is 6.10 Å². The van der Waals surface area contributed by atoms with Crippen molar-refractivity contribution in [2.75, 3.05) is 19.7 Å². The van der Waals surface area contributed by atoms with E-state index in [1.165, 1.54) is 0 Å². The number of carbonyl (C=O) groups is 1. The number of nitrogens with one attached hydrogen (secondary N) is 1. The molecule has 2 atom stereocenters. The maximum absolute atomic E-state index is 12.2. The fourth-order valence-electron chi connectivity index (χ4n) is 2.45. The zero-order chi connectivity index (χ0) is 16.0. The lowest BCUT2D eigenvalue weighted by molar-refractivity contribution is 0.00957. The first-order chi connectivity index (χ1) is 9.69. The average molecular weight is 300 g/mol. The third-order valence-corrected chi connectivity index (χ3v) is 3.52. The van der Waals surface area contributed by atoms with Gasteiger partial charge in [-0.15, -0.1) is 0 Å². The van der Waals surface area contributed by atoms with E-state index in [-0.39, 0.29) is 12.1 Å². The Morgan fingerprint density at radius 2 is 2.10 bits per heavy atom. The third kappa shape index (κ3) is 7.14. The number of hydrogen-bond donors (Lipinski definition) is 1. The maximum atomic E-state index is 12.2. The summed E-state index contributed by atoms with van der Waals surface area (Å²) in [6, 6.07) is 0.622. The minimum absolute atomic E-state index is 0.135. The van der Waals surface area contributed by atoms with Crippen LogP contribution < -0.4 is 5.32 Å². The van der Waals surface area contributed by atoms with Gasteiger partial charge in [-0.25, -0.2) is 4.79 Å². The number of amides is 1. The van der Waals surface area contributed by atoms with Gasteiger partial charge in [0.25, 0.3) is 0 Å². The van der Waals surface area contributed by atoms with Crippen LogP contribution in [-0.2, 0) is 9.47 Å². The molecule has 124 valence electrons. The summed E-state index contributed by atoms with van der Waals surface area (Å²) in [6.45, 7) is 14.1. The van der Waals surface area contributed by atoms with E-state index >= 15 is 0 Å². The van der Waals surface area contributed by atoms with Crippen LogP contribution in [0.3, 0.4) is 0 Å². The Labute approximate surface area is 129 Å². The third-order valence-electron chi connectivity index (χ3n) is 3.52. The van der Waals surface area contributed by atoms with E-state index in [2.05, 4.69) is 12.2 Å². The van der Waals surface area contributed by atoms with Crippen LogP contribution in [0.1, 0.15) is 54.4 Å². The highest BCUT2D eigenvalue weighted by atomic mass is 16.6. The van der Waals surface area contributed by atoms with Crippen molar-refractivity contribution in [3.05, 3.63) is 0 Å². The molecule has 0 bridgehead atoms. The molecule has 1 N–H and O–H groups in total. The molecule has 2 unspecified atom stereocenters. The van der Waals surface area contributed by atoms with Gasteiger partial charge in [-0.3, -0.25) is 0 Å². The van der Waals surface area contributed by atoms with Crippen molar-refractivity contribution in [3.8, 4) is 0 Å². The molecule has 0 aromatic rings. The van der Waals surface area contributed by atoms with E-state index in [1.54, 1.807) is 4.90 Å². The molecule has 0 saturated carbocycles. The van der Waals surface area contributed by atoms with Gasteiger partial charge in [-0.05, 0) is 54.4 Å². The summed E-state index contributed by atoms with van der Waals surface area (Å²) in [5.41, 5.74) is -0.451. The molecule has 5 nitrogen and oxygen atoms in total.